The predicted molar refractivity (Wildman–Crippen MR) is 123 cm³/mol. The number of benzene rings is 2. The lowest BCUT2D eigenvalue weighted by Crippen LogP contribution is -2.43. The van der Waals surface area contributed by atoms with Crippen LogP contribution in [0.5, 0.6) is 11.5 Å². The van der Waals surface area contributed by atoms with Gasteiger partial charge < -0.3 is 14.8 Å². The quantitative estimate of drug-likeness (QED) is 0.565. The predicted octanol–water partition coefficient (Wildman–Crippen LogP) is 4.17. The topological polar surface area (TPSA) is 84.9 Å². The second kappa shape index (κ2) is 10.7. The zero-order chi connectivity index (χ0) is 23.2. The van der Waals surface area contributed by atoms with Crippen LogP contribution < -0.4 is 19.1 Å². The number of sulfonamides is 1. The van der Waals surface area contributed by atoms with E-state index in [0.717, 1.165) is 22.7 Å². The third kappa shape index (κ3) is 6.04. The van der Waals surface area contributed by atoms with Gasteiger partial charge >= 0.3 is 0 Å². The summed E-state index contributed by atoms with van der Waals surface area (Å²) >= 11 is 6.24. The van der Waals surface area contributed by atoms with E-state index >= 15 is 0 Å². The molecule has 31 heavy (non-hydrogen) atoms. The van der Waals surface area contributed by atoms with E-state index < -0.39 is 22.5 Å². The van der Waals surface area contributed by atoms with Crippen molar-refractivity contribution in [1.29, 1.82) is 0 Å². The van der Waals surface area contributed by atoms with Crippen LogP contribution in [-0.4, -0.2) is 41.1 Å². The molecule has 2 rings (SSSR count). The number of carbonyl (C=O) groups is 1. The fraction of sp³-hybridized carbons (Fsp3) is 0.409. The number of methoxy groups -OCH3 is 2. The molecule has 9 heteroatoms. The van der Waals surface area contributed by atoms with Gasteiger partial charge in [-0.2, -0.15) is 0 Å². The number of rotatable bonds is 10. The summed E-state index contributed by atoms with van der Waals surface area (Å²) in [6, 6.07) is 9.36. The van der Waals surface area contributed by atoms with Crippen molar-refractivity contribution in [3.63, 3.8) is 0 Å². The molecule has 170 valence electrons. The van der Waals surface area contributed by atoms with E-state index in [1.165, 1.54) is 26.4 Å². The third-order valence-electron chi connectivity index (χ3n) is 4.73. The molecule has 0 aliphatic rings. The van der Waals surface area contributed by atoms with Gasteiger partial charge in [0.1, 0.15) is 22.9 Å². The Balaban J connectivity index is 2.55. The van der Waals surface area contributed by atoms with Gasteiger partial charge in [0.05, 0.1) is 24.9 Å². The van der Waals surface area contributed by atoms with E-state index in [9.17, 15) is 13.2 Å². The third-order valence-corrected chi connectivity index (χ3v) is 6.82. The molecule has 1 amide bonds. The van der Waals surface area contributed by atoms with Crippen molar-refractivity contribution < 1.29 is 22.7 Å². The maximum Gasteiger partial charge on any atom is 0.268 e. The van der Waals surface area contributed by atoms with Gasteiger partial charge in [-0.3, -0.25) is 9.10 Å². The Kier molecular flexibility index (Phi) is 8.59. The van der Waals surface area contributed by atoms with Gasteiger partial charge in [0, 0.05) is 6.04 Å². The smallest absolute Gasteiger partial charge is 0.268 e. The summed E-state index contributed by atoms with van der Waals surface area (Å²) in [5.41, 5.74) is 0.987. The summed E-state index contributed by atoms with van der Waals surface area (Å²) in [7, 11) is -1.28. The number of nitrogens with zero attached hydrogens (tertiary/aromatic N) is 1. The number of amides is 1. The maximum atomic E-state index is 13.7. The van der Waals surface area contributed by atoms with Crippen molar-refractivity contribution in [3.05, 3.63) is 47.0 Å². The van der Waals surface area contributed by atoms with Crippen LogP contribution >= 0.6 is 11.6 Å². The molecule has 0 radical (unpaired) electrons. The molecule has 2 aromatic carbocycles. The Morgan fingerprint density at radius 3 is 2.35 bits per heavy atom. The fourth-order valence-electron chi connectivity index (χ4n) is 3.19. The highest BCUT2D eigenvalue weighted by molar-refractivity contribution is 7.93. The monoisotopic (exact) mass is 468 g/mol. The number of hydrogen-bond acceptors (Lipinski definition) is 5. The maximum absolute atomic E-state index is 13.7. The molecular weight excluding hydrogens is 440 g/mol. The highest BCUT2D eigenvalue weighted by Gasteiger charge is 2.31. The Morgan fingerprint density at radius 2 is 1.77 bits per heavy atom. The average molecular weight is 469 g/mol. The van der Waals surface area contributed by atoms with Gasteiger partial charge in [-0.15, -0.1) is 0 Å². The minimum Gasteiger partial charge on any atom is -0.495 e. The Hall–Kier alpha value is -2.45. The molecule has 0 aliphatic heterocycles. The molecule has 0 bridgehead atoms. The molecule has 0 heterocycles. The normalized spacial score (nSPS) is 12.2. The van der Waals surface area contributed by atoms with Gasteiger partial charge in [-0.1, -0.05) is 31.0 Å². The number of hydrogen-bond donors (Lipinski definition) is 1. The first kappa shape index (κ1) is 24.8. The van der Waals surface area contributed by atoms with Crippen LogP contribution in [0.2, 0.25) is 5.02 Å². The van der Waals surface area contributed by atoms with Gasteiger partial charge in [0.15, 0.2) is 0 Å². The fourth-order valence-corrected chi connectivity index (χ4v) is 5.09. The molecule has 0 saturated heterocycles. The number of anilines is 1. The zero-order valence-corrected chi connectivity index (χ0v) is 20.0. The molecule has 0 saturated carbocycles. The summed E-state index contributed by atoms with van der Waals surface area (Å²) in [4.78, 5) is 12.7. The number of ether oxygens (including phenoxy) is 2. The Bertz CT molecular complexity index is 1030. The lowest BCUT2D eigenvalue weighted by atomic mass is 10.2. The summed E-state index contributed by atoms with van der Waals surface area (Å²) in [6.45, 7) is 5.28. The van der Waals surface area contributed by atoms with Gasteiger partial charge in [-0.25, -0.2) is 8.42 Å². The van der Waals surface area contributed by atoms with Crippen LogP contribution in [0, 0.1) is 6.92 Å². The van der Waals surface area contributed by atoms with Crippen molar-refractivity contribution in [2.75, 3.05) is 25.1 Å². The Labute approximate surface area is 189 Å². The molecule has 0 unspecified atom stereocenters. The number of carbonyl (C=O) groups excluding carboxylic acids is 1. The van der Waals surface area contributed by atoms with Gasteiger partial charge in [0.2, 0.25) is 5.91 Å². The molecule has 0 aromatic heterocycles. The highest BCUT2D eigenvalue weighted by Crippen LogP contribution is 2.34. The van der Waals surface area contributed by atoms with E-state index in [2.05, 4.69) is 5.32 Å². The highest BCUT2D eigenvalue weighted by atomic mass is 35.5. The molecule has 0 spiro atoms. The second-order valence-electron chi connectivity index (χ2n) is 7.24. The lowest BCUT2D eigenvalue weighted by molar-refractivity contribution is -0.120. The van der Waals surface area contributed by atoms with Crippen molar-refractivity contribution in [3.8, 4) is 11.5 Å². The molecule has 1 atom stereocenters. The molecule has 1 N–H and O–H groups in total. The first-order valence-corrected chi connectivity index (χ1v) is 11.8. The first-order chi connectivity index (χ1) is 14.6. The second-order valence-corrected chi connectivity index (χ2v) is 9.48. The minimum absolute atomic E-state index is 0.0312. The van der Waals surface area contributed by atoms with E-state index in [1.54, 1.807) is 31.2 Å². The summed E-state index contributed by atoms with van der Waals surface area (Å²) in [5.74, 6) is 0.176. The van der Waals surface area contributed by atoms with Crippen LogP contribution in [-0.2, 0) is 14.8 Å². The van der Waals surface area contributed by atoms with E-state index in [4.69, 9.17) is 21.1 Å². The molecule has 2 aromatic rings. The molecule has 0 aliphatic carbocycles. The Morgan fingerprint density at radius 1 is 1.13 bits per heavy atom. The van der Waals surface area contributed by atoms with Crippen LogP contribution in [0.3, 0.4) is 0 Å². The zero-order valence-electron chi connectivity index (χ0n) is 18.4. The number of nitrogens with one attached hydrogen (secondary N) is 1. The standard InChI is InChI=1S/C22H29ClN2O5S/c1-6-7-16(3)24-22(26)14-25(17-9-11-19(29-4)18(23)13-17)31(27,28)21-12-15(2)8-10-20(21)30-5/h8-13,16H,6-7,14H2,1-5H3,(H,24,26)/t16-/m1/s1. The number of halogens is 1. The lowest BCUT2D eigenvalue weighted by Gasteiger charge is -2.26. The summed E-state index contributed by atoms with van der Waals surface area (Å²) in [5, 5.41) is 3.08. The van der Waals surface area contributed by atoms with E-state index in [1.807, 2.05) is 13.8 Å². The molecule has 7 nitrogen and oxygen atoms in total. The minimum atomic E-state index is -4.15. The summed E-state index contributed by atoms with van der Waals surface area (Å²) in [6.07, 6.45) is 1.69. The van der Waals surface area contributed by atoms with E-state index in [-0.39, 0.29) is 27.4 Å². The van der Waals surface area contributed by atoms with Gasteiger partial charge in [0.25, 0.3) is 10.0 Å². The van der Waals surface area contributed by atoms with Crippen molar-refractivity contribution in [1.82, 2.24) is 5.32 Å². The first-order valence-electron chi connectivity index (χ1n) is 9.94. The average Bonchev–Trinajstić information content (AvgIpc) is 2.72. The van der Waals surface area contributed by atoms with Crippen LogP contribution in [0.4, 0.5) is 5.69 Å². The largest absolute Gasteiger partial charge is 0.495 e. The van der Waals surface area contributed by atoms with Crippen LogP contribution in [0.1, 0.15) is 32.3 Å². The molecule has 0 fully saturated rings. The SMILES string of the molecule is CCC[C@@H](C)NC(=O)CN(c1ccc(OC)c(Cl)c1)S(=O)(=O)c1cc(C)ccc1OC. The van der Waals surface area contributed by atoms with Crippen LogP contribution in [0.25, 0.3) is 0 Å². The van der Waals surface area contributed by atoms with Crippen LogP contribution in [0.15, 0.2) is 41.3 Å². The van der Waals surface area contributed by atoms with Crippen molar-refractivity contribution >= 4 is 33.2 Å². The number of aryl methyl sites for hydroxylation is 1. The molecular formula is C22H29ClN2O5S. The van der Waals surface area contributed by atoms with Crippen molar-refractivity contribution in [2.24, 2.45) is 0 Å². The van der Waals surface area contributed by atoms with Gasteiger partial charge in [-0.05, 0) is 56.2 Å². The van der Waals surface area contributed by atoms with E-state index in [0.29, 0.717) is 5.75 Å². The summed E-state index contributed by atoms with van der Waals surface area (Å²) < 4.78 is 38.8. The van der Waals surface area contributed by atoms with Crippen molar-refractivity contribution in [2.45, 2.75) is 44.6 Å².